The van der Waals surface area contributed by atoms with Crippen molar-refractivity contribution in [3.05, 3.63) is 6.20 Å². The summed E-state index contributed by atoms with van der Waals surface area (Å²) in [7, 11) is -4.00. The van der Waals surface area contributed by atoms with Crippen LogP contribution in [0.5, 0.6) is 11.9 Å². The molecule has 0 atom stereocenters. The van der Waals surface area contributed by atoms with E-state index in [0.29, 0.717) is 6.61 Å². The van der Waals surface area contributed by atoms with Gasteiger partial charge in [-0.2, -0.15) is 4.98 Å². The zero-order valence-electron chi connectivity index (χ0n) is 7.34. The second-order valence-electron chi connectivity index (χ2n) is 2.60. The molecule has 0 aromatic carbocycles. The van der Waals surface area contributed by atoms with E-state index in [0.717, 1.165) is 11.2 Å². The summed E-state index contributed by atoms with van der Waals surface area (Å²) in [5.41, 5.74) is 0. The molecule has 0 unspecified atom stereocenters. The highest BCUT2D eigenvalue weighted by Crippen LogP contribution is 2.24. The average Bonchev–Trinajstić information content (AvgIpc) is 2.36. The second kappa shape index (κ2) is 3.05. The van der Waals surface area contributed by atoms with E-state index < -0.39 is 10.4 Å². The topological polar surface area (TPSA) is 79.7 Å². The highest BCUT2D eigenvalue weighted by atomic mass is 32.3. The van der Waals surface area contributed by atoms with Crippen molar-refractivity contribution in [2.24, 2.45) is 0 Å². The Morgan fingerprint density at radius 1 is 1.57 bits per heavy atom. The van der Waals surface area contributed by atoms with Gasteiger partial charge in [-0.1, -0.05) is 6.92 Å². The maximum Gasteiger partial charge on any atom is 0.505 e. The highest BCUT2D eigenvalue weighted by Gasteiger charge is 2.29. The van der Waals surface area contributed by atoms with Gasteiger partial charge in [0.15, 0.2) is 0 Å². The minimum Gasteiger partial charge on any atom is -0.409 e. The van der Waals surface area contributed by atoms with Crippen LogP contribution in [0.4, 0.5) is 0 Å². The zero-order valence-corrected chi connectivity index (χ0v) is 8.15. The molecule has 0 radical (unpaired) electrons. The fourth-order valence-electron chi connectivity index (χ4n) is 0.918. The number of nitrogens with zero attached hydrogens (tertiary/aromatic N) is 2. The molecule has 0 N–H and O–H groups in total. The fourth-order valence-corrected chi connectivity index (χ4v) is 1.54. The third-order valence-corrected chi connectivity index (χ3v) is 2.15. The van der Waals surface area contributed by atoms with Gasteiger partial charge in [-0.05, 0) is 6.42 Å². The van der Waals surface area contributed by atoms with Crippen LogP contribution in [0, 0.1) is 0 Å². The number of hydrogen-bond donors (Lipinski definition) is 0. The fraction of sp³-hybridized carbons (Fsp3) is 0.500. The third-order valence-electron chi connectivity index (χ3n) is 1.42. The summed E-state index contributed by atoms with van der Waals surface area (Å²) in [4.78, 5) is 8.79. The van der Waals surface area contributed by atoms with Crippen LogP contribution in [-0.4, -0.2) is 24.7 Å². The van der Waals surface area contributed by atoms with Crippen LogP contribution in [0.15, 0.2) is 6.20 Å². The Bertz CT molecular complexity index is 437. The molecule has 0 saturated heterocycles. The Kier molecular flexibility index (Phi) is 1.99. The largest absolute Gasteiger partial charge is 0.505 e. The van der Waals surface area contributed by atoms with Crippen LogP contribution in [0.3, 0.4) is 0 Å². The Hall–Kier alpha value is -1.44. The Balaban J connectivity index is 2.24. The first-order valence-corrected chi connectivity index (χ1v) is 5.30. The molecule has 1 aromatic heterocycles. The van der Waals surface area contributed by atoms with Crippen LogP contribution >= 0.6 is 0 Å². The highest BCUT2D eigenvalue weighted by molar-refractivity contribution is 7.82. The van der Waals surface area contributed by atoms with Crippen molar-refractivity contribution in [3.63, 3.8) is 0 Å². The maximum atomic E-state index is 10.9. The summed E-state index contributed by atoms with van der Waals surface area (Å²) in [6.45, 7) is 2.36. The average molecular weight is 220 g/mol. The Morgan fingerprint density at radius 2 is 2.36 bits per heavy atom. The number of imidazole rings is 1. The first-order valence-electron chi connectivity index (χ1n) is 3.97. The molecule has 7 nitrogen and oxygen atoms in total. The number of aromatic nitrogens is 2. The lowest BCUT2D eigenvalue weighted by Gasteiger charge is -2.08. The van der Waals surface area contributed by atoms with Gasteiger partial charge in [0.25, 0.3) is 5.88 Å². The summed E-state index contributed by atoms with van der Waals surface area (Å²) < 4.78 is 31.7. The van der Waals surface area contributed by atoms with Crippen LogP contribution in [-0.2, 0) is 10.4 Å². The first kappa shape index (κ1) is 9.13. The summed E-state index contributed by atoms with van der Waals surface area (Å²) in [5.74, 6) is -0.0534. The molecule has 0 saturated carbocycles. The van der Waals surface area contributed by atoms with E-state index in [-0.39, 0.29) is 11.9 Å². The molecule has 2 bridgehead atoms. The van der Waals surface area contributed by atoms with Crippen molar-refractivity contribution in [2.45, 2.75) is 13.3 Å². The molecule has 1 aliphatic rings. The van der Waals surface area contributed by atoms with Crippen LogP contribution in [0.25, 0.3) is 0 Å². The molecule has 14 heavy (non-hydrogen) atoms. The van der Waals surface area contributed by atoms with Gasteiger partial charge in [0.05, 0.1) is 0 Å². The summed E-state index contributed by atoms with van der Waals surface area (Å²) in [5, 5.41) is 0. The Labute approximate surface area is 80.5 Å². The van der Waals surface area contributed by atoms with Gasteiger partial charge in [-0.15, -0.1) is 13.1 Å². The molecular weight excluding hydrogens is 212 g/mol. The third kappa shape index (κ3) is 1.60. The quantitative estimate of drug-likeness (QED) is 0.698. The van der Waals surface area contributed by atoms with Gasteiger partial charge in [0, 0.05) is 0 Å². The maximum absolute atomic E-state index is 10.9. The van der Waals surface area contributed by atoms with E-state index in [4.69, 9.17) is 4.84 Å². The van der Waals surface area contributed by atoms with E-state index in [2.05, 4.69) is 13.4 Å². The molecule has 0 fully saturated rings. The van der Waals surface area contributed by atoms with Gasteiger partial charge in [0.1, 0.15) is 12.8 Å². The monoisotopic (exact) mass is 220 g/mol. The molecule has 78 valence electrons. The van der Waals surface area contributed by atoms with Gasteiger partial charge in [0.2, 0.25) is 0 Å². The molecule has 8 heteroatoms. The van der Waals surface area contributed by atoms with Crippen molar-refractivity contribution in [1.82, 2.24) is 9.71 Å². The lowest BCUT2D eigenvalue weighted by molar-refractivity contribution is 0.0975. The lowest BCUT2D eigenvalue weighted by atomic mass is 10.5. The SMILES string of the molecule is CCCOn1cc2nc1OS(=O)(=O)O2. The molecule has 2 rings (SSSR count). The standard InChI is InChI=1S/C6H8N2O5S/c1-2-3-11-8-4-5-7-6(8)13-14(9,10)12-5/h4H,2-3H2,1H3. The minimum atomic E-state index is -4.00. The van der Waals surface area contributed by atoms with Crippen LogP contribution in [0.2, 0.25) is 0 Å². The molecule has 1 aromatic rings. The van der Waals surface area contributed by atoms with Gasteiger partial charge < -0.3 is 13.2 Å². The molecule has 0 amide bonds. The van der Waals surface area contributed by atoms with Crippen molar-refractivity contribution in [2.75, 3.05) is 6.61 Å². The lowest BCUT2D eigenvalue weighted by Crippen LogP contribution is -2.21. The van der Waals surface area contributed by atoms with E-state index in [1.54, 1.807) is 0 Å². The van der Waals surface area contributed by atoms with Crippen molar-refractivity contribution < 1.29 is 21.6 Å². The molecule has 0 aliphatic carbocycles. The van der Waals surface area contributed by atoms with Crippen LogP contribution < -0.4 is 13.2 Å². The minimum absolute atomic E-state index is 0.0534. The molecule has 0 spiro atoms. The number of fused-ring (bicyclic) bond motifs is 2. The van der Waals surface area contributed by atoms with Crippen molar-refractivity contribution in [3.8, 4) is 11.9 Å². The summed E-state index contributed by atoms with van der Waals surface area (Å²) in [6, 6.07) is -0.139. The second-order valence-corrected chi connectivity index (χ2v) is 3.75. The molecular formula is C6H8N2O5S. The van der Waals surface area contributed by atoms with E-state index in [1.165, 1.54) is 6.20 Å². The molecule has 2 heterocycles. The normalized spacial score (nSPS) is 16.9. The number of rotatable bonds is 3. The van der Waals surface area contributed by atoms with E-state index in [9.17, 15) is 8.42 Å². The number of hydrogen-bond acceptors (Lipinski definition) is 6. The van der Waals surface area contributed by atoms with Gasteiger partial charge in [-0.25, -0.2) is 0 Å². The van der Waals surface area contributed by atoms with Crippen LogP contribution in [0.1, 0.15) is 13.3 Å². The van der Waals surface area contributed by atoms with Crippen molar-refractivity contribution in [1.29, 1.82) is 0 Å². The molecule has 1 aliphatic heterocycles. The smallest absolute Gasteiger partial charge is 0.409 e. The summed E-state index contributed by atoms with van der Waals surface area (Å²) >= 11 is 0. The van der Waals surface area contributed by atoms with E-state index >= 15 is 0 Å². The van der Waals surface area contributed by atoms with E-state index in [1.807, 2.05) is 6.92 Å². The first-order chi connectivity index (χ1) is 6.61. The zero-order chi connectivity index (χ0) is 10.2. The Morgan fingerprint density at radius 3 is 3.07 bits per heavy atom. The predicted molar refractivity (Wildman–Crippen MR) is 44.1 cm³/mol. The summed E-state index contributed by atoms with van der Waals surface area (Å²) in [6.07, 6.45) is 2.09. The van der Waals surface area contributed by atoms with Gasteiger partial charge in [-0.3, -0.25) is 0 Å². The van der Waals surface area contributed by atoms with Gasteiger partial charge >= 0.3 is 16.4 Å². The predicted octanol–water partition coefficient (Wildman–Crippen LogP) is -0.262. The van der Waals surface area contributed by atoms with Crippen molar-refractivity contribution >= 4 is 10.4 Å².